The summed E-state index contributed by atoms with van der Waals surface area (Å²) in [7, 11) is 0. The van der Waals surface area contributed by atoms with Crippen LogP contribution in [0.15, 0.2) is 18.2 Å². The topological polar surface area (TPSA) is 66.6 Å². The van der Waals surface area contributed by atoms with E-state index in [9.17, 15) is 14.3 Å². The molecule has 0 radical (unpaired) electrons. The highest BCUT2D eigenvalue weighted by atomic mass is 19.1. The molecule has 1 heterocycles. The molecule has 1 saturated heterocycles. The third-order valence-corrected chi connectivity index (χ3v) is 3.86. The van der Waals surface area contributed by atoms with E-state index in [1.165, 1.54) is 6.07 Å². The van der Waals surface area contributed by atoms with E-state index in [1.54, 1.807) is 26.0 Å². The number of benzene rings is 1. The van der Waals surface area contributed by atoms with Gasteiger partial charge in [-0.2, -0.15) is 0 Å². The molecule has 1 aromatic rings. The highest BCUT2D eigenvalue weighted by Gasteiger charge is 2.39. The lowest BCUT2D eigenvalue weighted by atomic mass is 9.89. The van der Waals surface area contributed by atoms with E-state index in [0.29, 0.717) is 30.8 Å². The van der Waals surface area contributed by atoms with Crippen molar-refractivity contribution in [3.05, 3.63) is 29.6 Å². The first-order chi connectivity index (χ1) is 8.83. The fraction of sp³-hybridized carbons (Fsp3) is 0.500. The van der Waals surface area contributed by atoms with Crippen LogP contribution < -0.4 is 10.6 Å². The van der Waals surface area contributed by atoms with Crippen molar-refractivity contribution in [1.82, 2.24) is 0 Å². The van der Waals surface area contributed by atoms with E-state index in [-0.39, 0.29) is 11.7 Å². The molecule has 5 heteroatoms. The molecular formula is C14H19FN2O2. The zero-order valence-electron chi connectivity index (χ0n) is 11.2. The number of rotatable bonds is 3. The van der Waals surface area contributed by atoms with Crippen LogP contribution in [0.5, 0.6) is 0 Å². The van der Waals surface area contributed by atoms with Crippen molar-refractivity contribution in [2.75, 3.05) is 18.0 Å². The predicted octanol–water partition coefficient (Wildman–Crippen LogP) is 1.58. The summed E-state index contributed by atoms with van der Waals surface area (Å²) in [4.78, 5) is 13.2. The molecule has 2 atom stereocenters. The maximum atomic E-state index is 14.0. The molecule has 0 bridgehead atoms. The molecule has 0 spiro atoms. The second kappa shape index (κ2) is 4.81. The van der Waals surface area contributed by atoms with E-state index in [2.05, 4.69) is 0 Å². The first kappa shape index (κ1) is 13.8. The largest absolute Gasteiger partial charge is 0.389 e. The molecule has 4 nitrogen and oxygen atoms in total. The summed E-state index contributed by atoms with van der Waals surface area (Å²) in [6.45, 7) is 4.42. The van der Waals surface area contributed by atoms with Gasteiger partial charge in [-0.25, -0.2) is 4.39 Å². The second-order valence-corrected chi connectivity index (χ2v) is 5.48. The summed E-state index contributed by atoms with van der Waals surface area (Å²) >= 11 is 0. The Morgan fingerprint density at radius 1 is 1.58 bits per heavy atom. The van der Waals surface area contributed by atoms with Gasteiger partial charge in [0.1, 0.15) is 5.82 Å². The lowest BCUT2D eigenvalue weighted by Crippen LogP contribution is -2.37. The van der Waals surface area contributed by atoms with Crippen LogP contribution in [0.4, 0.5) is 10.1 Å². The van der Waals surface area contributed by atoms with Crippen LogP contribution in [0.25, 0.3) is 0 Å². The first-order valence-corrected chi connectivity index (χ1v) is 6.36. The Hall–Kier alpha value is -1.62. The third-order valence-electron chi connectivity index (χ3n) is 3.86. The number of aliphatic hydroxyl groups is 1. The number of aliphatic hydroxyl groups excluding tert-OH is 1. The second-order valence-electron chi connectivity index (χ2n) is 5.48. The molecule has 0 aromatic heterocycles. The summed E-state index contributed by atoms with van der Waals surface area (Å²) in [6, 6.07) is 4.67. The van der Waals surface area contributed by atoms with Gasteiger partial charge < -0.3 is 15.7 Å². The summed E-state index contributed by atoms with van der Waals surface area (Å²) in [6.07, 6.45) is -0.0714. The van der Waals surface area contributed by atoms with Gasteiger partial charge in [-0.15, -0.1) is 0 Å². The monoisotopic (exact) mass is 266 g/mol. The third kappa shape index (κ3) is 2.56. The van der Waals surface area contributed by atoms with Crippen molar-refractivity contribution in [2.45, 2.75) is 26.4 Å². The van der Waals surface area contributed by atoms with Crippen LogP contribution in [-0.4, -0.2) is 24.1 Å². The van der Waals surface area contributed by atoms with Gasteiger partial charge >= 0.3 is 0 Å². The minimum absolute atomic E-state index is 0.351. The Labute approximate surface area is 112 Å². The van der Waals surface area contributed by atoms with E-state index in [4.69, 9.17) is 5.73 Å². The van der Waals surface area contributed by atoms with Crippen LogP contribution in [0.2, 0.25) is 0 Å². The quantitative estimate of drug-likeness (QED) is 0.873. The molecule has 0 saturated carbocycles. The molecule has 1 aromatic carbocycles. The Morgan fingerprint density at radius 2 is 2.26 bits per heavy atom. The smallest absolute Gasteiger partial charge is 0.225 e. The SMILES string of the molecule is CC(O)c1ccc(N2CCC(C)(C(N)=O)C2)c(F)c1. The van der Waals surface area contributed by atoms with Crippen molar-refractivity contribution in [1.29, 1.82) is 0 Å². The number of halogens is 1. The van der Waals surface area contributed by atoms with Gasteiger partial charge in [-0.1, -0.05) is 6.07 Å². The number of amides is 1. The highest BCUT2D eigenvalue weighted by molar-refractivity contribution is 5.82. The van der Waals surface area contributed by atoms with Gasteiger partial charge in [0.15, 0.2) is 0 Å². The lowest BCUT2D eigenvalue weighted by molar-refractivity contribution is -0.125. The van der Waals surface area contributed by atoms with Crippen molar-refractivity contribution >= 4 is 11.6 Å². The average Bonchev–Trinajstić information content (AvgIpc) is 2.73. The number of nitrogens with two attached hydrogens (primary N) is 1. The van der Waals surface area contributed by atoms with Crippen molar-refractivity contribution in [3.63, 3.8) is 0 Å². The van der Waals surface area contributed by atoms with Gasteiger partial charge in [-0.05, 0) is 38.0 Å². The molecule has 1 amide bonds. The number of hydrogen-bond acceptors (Lipinski definition) is 3. The number of carbonyl (C=O) groups excluding carboxylic acids is 1. The Kier molecular flexibility index (Phi) is 3.49. The zero-order valence-corrected chi connectivity index (χ0v) is 11.2. The Bertz CT molecular complexity index is 504. The Balaban J connectivity index is 2.23. The fourth-order valence-electron chi connectivity index (χ4n) is 2.41. The van der Waals surface area contributed by atoms with Gasteiger partial charge in [0.05, 0.1) is 17.2 Å². The molecule has 1 aliphatic rings. The van der Waals surface area contributed by atoms with Gasteiger partial charge in [-0.3, -0.25) is 4.79 Å². The molecule has 2 rings (SSSR count). The van der Waals surface area contributed by atoms with Crippen molar-refractivity contribution in [2.24, 2.45) is 11.1 Å². The van der Waals surface area contributed by atoms with Crippen LogP contribution in [-0.2, 0) is 4.79 Å². The van der Waals surface area contributed by atoms with Crippen LogP contribution >= 0.6 is 0 Å². The van der Waals surface area contributed by atoms with Gasteiger partial charge in [0.2, 0.25) is 5.91 Å². The molecule has 3 N–H and O–H groups in total. The average molecular weight is 266 g/mol. The molecule has 19 heavy (non-hydrogen) atoms. The van der Waals surface area contributed by atoms with Crippen molar-refractivity contribution < 1.29 is 14.3 Å². The predicted molar refractivity (Wildman–Crippen MR) is 71.2 cm³/mol. The lowest BCUT2D eigenvalue weighted by Gasteiger charge is -2.23. The summed E-state index contributed by atoms with van der Waals surface area (Å²) in [5.41, 5.74) is 5.77. The van der Waals surface area contributed by atoms with Crippen LogP contribution in [0.1, 0.15) is 31.9 Å². The minimum Gasteiger partial charge on any atom is -0.389 e. The van der Waals surface area contributed by atoms with Gasteiger partial charge in [0, 0.05) is 13.1 Å². The van der Waals surface area contributed by atoms with Crippen LogP contribution in [0.3, 0.4) is 0 Å². The number of nitrogens with zero attached hydrogens (tertiary/aromatic N) is 1. The molecule has 0 aliphatic carbocycles. The van der Waals surface area contributed by atoms with Gasteiger partial charge in [0.25, 0.3) is 0 Å². The normalized spacial score (nSPS) is 24.5. The maximum Gasteiger partial charge on any atom is 0.225 e. The van der Waals surface area contributed by atoms with E-state index in [0.717, 1.165) is 0 Å². The summed E-state index contributed by atoms with van der Waals surface area (Å²) in [5.74, 6) is -0.733. The molecule has 104 valence electrons. The maximum absolute atomic E-state index is 14.0. The zero-order chi connectivity index (χ0) is 14.2. The summed E-state index contributed by atoms with van der Waals surface area (Å²) in [5, 5.41) is 9.42. The molecule has 2 unspecified atom stereocenters. The molecule has 1 fully saturated rings. The minimum atomic E-state index is -0.696. The van der Waals surface area contributed by atoms with E-state index < -0.39 is 11.5 Å². The van der Waals surface area contributed by atoms with E-state index >= 15 is 0 Å². The highest BCUT2D eigenvalue weighted by Crippen LogP contribution is 2.34. The first-order valence-electron chi connectivity index (χ1n) is 6.36. The number of anilines is 1. The summed E-state index contributed by atoms with van der Waals surface area (Å²) < 4.78 is 14.0. The van der Waals surface area contributed by atoms with E-state index in [1.807, 2.05) is 4.90 Å². The Morgan fingerprint density at radius 3 is 2.74 bits per heavy atom. The fourth-order valence-corrected chi connectivity index (χ4v) is 2.41. The standard InChI is InChI=1S/C14H19FN2O2/c1-9(18)10-3-4-12(11(15)7-10)17-6-5-14(2,8-17)13(16)19/h3-4,7,9,18H,5-6,8H2,1-2H3,(H2,16,19). The molecular weight excluding hydrogens is 247 g/mol. The van der Waals surface area contributed by atoms with Crippen molar-refractivity contribution in [3.8, 4) is 0 Å². The number of primary amides is 1. The van der Waals surface area contributed by atoms with Crippen LogP contribution in [0, 0.1) is 11.2 Å². The molecule has 1 aliphatic heterocycles. The number of carbonyl (C=O) groups is 1. The number of hydrogen-bond donors (Lipinski definition) is 2.